The molecule has 0 heterocycles. The highest BCUT2D eigenvalue weighted by Crippen LogP contribution is 2.03. The SMILES string of the molecule is CCOCCC(=O)N(C)C(C)CC(N)=S. The molecular weight excluding hydrogens is 212 g/mol. The number of rotatable bonds is 7. The number of carbonyl (C=O) groups excluding carboxylic acids is 1. The average Bonchev–Trinajstić information content (AvgIpc) is 2.15. The first-order valence-electron chi connectivity index (χ1n) is 5.10. The molecule has 0 aliphatic heterocycles. The van der Waals surface area contributed by atoms with Crippen LogP contribution in [0.15, 0.2) is 0 Å². The monoisotopic (exact) mass is 232 g/mol. The van der Waals surface area contributed by atoms with E-state index in [0.717, 1.165) is 0 Å². The number of hydrogen-bond donors (Lipinski definition) is 1. The van der Waals surface area contributed by atoms with E-state index in [9.17, 15) is 4.79 Å². The number of nitrogens with zero attached hydrogens (tertiary/aromatic N) is 1. The minimum Gasteiger partial charge on any atom is -0.393 e. The van der Waals surface area contributed by atoms with Gasteiger partial charge in [0.15, 0.2) is 0 Å². The van der Waals surface area contributed by atoms with Crippen LogP contribution in [0, 0.1) is 0 Å². The van der Waals surface area contributed by atoms with E-state index in [1.165, 1.54) is 0 Å². The summed E-state index contributed by atoms with van der Waals surface area (Å²) in [6, 6.07) is 0.0524. The van der Waals surface area contributed by atoms with Crippen LogP contribution in [0.2, 0.25) is 0 Å². The van der Waals surface area contributed by atoms with E-state index in [2.05, 4.69) is 0 Å². The zero-order valence-corrected chi connectivity index (χ0v) is 10.5. The Morgan fingerprint density at radius 1 is 1.60 bits per heavy atom. The quantitative estimate of drug-likeness (QED) is 0.524. The fourth-order valence-electron chi connectivity index (χ4n) is 1.15. The second-order valence-corrected chi connectivity index (χ2v) is 4.00. The lowest BCUT2D eigenvalue weighted by molar-refractivity contribution is -0.132. The molecule has 5 heteroatoms. The highest BCUT2D eigenvalue weighted by Gasteiger charge is 2.15. The van der Waals surface area contributed by atoms with Gasteiger partial charge >= 0.3 is 0 Å². The van der Waals surface area contributed by atoms with Gasteiger partial charge in [-0.2, -0.15) is 0 Å². The van der Waals surface area contributed by atoms with E-state index in [1.807, 2.05) is 13.8 Å². The molecule has 88 valence electrons. The number of nitrogens with two attached hydrogens (primary N) is 1. The van der Waals surface area contributed by atoms with Crippen molar-refractivity contribution in [3.05, 3.63) is 0 Å². The summed E-state index contributed by atoms with van der Waals surface area (Å²) in [7, 11) is 1.76. The van der Waals surface area contributed by atoms with Crippen molar-refractivity contribution in [2.75, 3.05) is 20.3 Å². The Morgan fingerprint density at radius 2 is 2.20 bits per heavy atom. The Labute approximate surface area is 96.8 Å². The van der Waals surface area contributed by atoms with Crippen molar-refractivity contribution >= 4 is 23.1 Å². The van der Waals surface area contributed by atoms with E-state index in [4.69, 9.17) is 22.7 Å². The first-order chi connectivity index (χ1) is 6.99. The summed E-state index contributed by atoms with van der Waals surface area (Å²) in [4.78, 5) is 13.7. The van der Waals surface area contributed by atoms with Crippen molar-refractivity contribution in [1.82, 2.24) is 4.90 Å². The van der Waals surface area contributed by atoms with Crippen molar-refractivity contribution in [3.63, 3.8) is 0 Å². The Bertz CT molecular complexity index is 221. The molecule has 1 amide bonds. The normalized spacial score (nSPS) is 12.2. The minimum absolute atomic E-state index is 0.0524. The lowest BCUT2D eigenvalue weighted by Crippen LogP contribution is -2.37. The molecule has 0 saturated heterocycles. The number of thiocarbonyl (C=S) groups is 1. The zero-order valence-electron chi connectivity index (χ0n) is 9.66. The van der Waals surface area contributed by atoms with Gasteiger partial charge in [0.25, 0.3) is 0 Å². The van der Waals surface area contributed by atoms with Crippen LogP contribution in [0.5, 0.6) is 0 Å². The van der Waals surface area contributed by atoms with Crippen LogP contribution in [-0.4, -0.2) is 42.1 Å². The van der Waals surface area contributed by atoms with E-state index >= 15 is 0 Å². The molecule has 0 aromatic heterocycles. The maximum atomic E-state index is 11.6. The molecule has 0 aliphatic rings. The maximum Gasteiger partial charge on any atom is 0.224 e. The summed E-state index contributed by atoms with van der Waals surface area (Å²) in [6.07, 6.45) is 0.970. The predicted octanol–water partition coefficient (Wildman–Crippen LogP) is 0.936. The van der Waals surface area contributed by atoms with Crippen LogP contribution in [-0.2, 0) is 9.53 Å². The summed E-state index contributed by atoms with van der Waals surface area (Å²) < 4.78 is 5.12. The molecule has 0 bridgehead atoms. The van der Waals surface area contributed by atoms with Crippen molar-refractivity contribution in [3.8, 4) is 0 Å². The van der Waals surface area contributed by atoms with Crippen LogP contribution in [0.3, 0.4) is 0 Å². The van der Waals surface area contributed by atoms with Gasteiger partial charge in [-0.25, -0.2) is 0 Å². The predicted molar refractivity (Wildman–Crippen MR) is 64.7 cm³/mol. The summed E-state index contributed by atoms with van der Waals surface area (Å²) >= 11 is 4.80. The van der Waals surface area contributed by atoms with E-state index in [1.54, 1.807) is 11.9 Å². The highest BCUT2D eigenvalue weighted by atomic mass is 32.1. The van der Waals surface area contributed by atoms with Gasteiger partial charge in [-0.15, -0.1) is 0 Å². The van der Waals surface area contributed by atoms with E-state index < -0.39 is 0 Å². The molecule has 0 aliphatic carbocycles. The molecule has 0 spiro atoms. The Hall–Kier alpha value is -0.680. The van der Waals surface area contributed by atoms with Gasteiger partial charge in [-0.05, 0) is 13.8 Å². The molecule has 0 rings (SSSR count). The largest absolute Gasteiger partial charge is 0.393 e. The van der Waals surface area contributed by atoms with Crippen molar-refractivity contribution in [1.29, 1.82) is 0 Å². The summed E-state index contributed by atoms with van der Waals surface area (Å²) in [5.41, 5.74) is 5.42. The van der Waals surface area contributed by atoms with Crippen LogP contribution in [0.1, 0.15) is 26.7 Å². The van der Waals surface area contributed by atoms with Crippen molar-refractivity contribution in [2.45, 2.75) is 32.7 Å². The van der Waals surface area contributed by atoms with Gasteiger partial charge in [-0.1, -0.05) is 12.2 Å². The van der Waals surface area contributed by atoms with Gasteiger partial charge < -0.3 is 15.4 Å². The van der Waals surface area contributed by atoms with Gasteiger partial charge in [0.05, 0.1) is 18.0 Å². The summed E-state index contributed by atoms with van der Waals surface area (Å²) in [6.45, 7) is 4.94. The van der Waals surface area contributed by atoms with Gasteiger partial charge in [0, 0.05) is 26.1 Å². The van der Waals surface area contributed by atoms with E-state index in [-0.39, 0.29) is 11.9 Å². The Morgan fingerprint density at radius 3 is 2.67 bits per heavy atom. The van der Waals surface area contributed by atoms with Gasteiger partial charge in [-0.3, -0.25) is 4.79 Å². The topological polar surface area (TPSA) is 55.6 Å². The molecule has 2 N–H and O–H groups in total. The molecule has 4 nitrogen and oxygen atoms in total. The third-order valence-electron chi connectivity index (χ3n) is 2.22. The van der Waals surface area contributed by atoms with Crippen LogP contribution >= 0.6 is 12.2 Å². The first kappa shape index (κ1) is 14.3. The third kappa shape index (κ3) is 6.41. The number of carbonyl (C=O) groups is 1. The number of ether oxygens (including phenoxy) is 1. The standard InChI is InChI=1S/C10H20N2O2S/c1-4-14-6-5-10(13)12(3)8(2)7-9(11)15/h8H,4-7H2,1-3H3,(H2,11,15). The average molecular weight is 232 g/mol. The Kier molecular flexibility index (Phi) is 7.25. The maximum absolute atomic E-state index is 11.6. The van der Waals surface area contributed by atoms with Crippen LogP contribution in [0.25, 0.3) is 0 Å². The molecule has 0 aromatic carbocycles. The third-order valence-corrected chi connectivity index (χ3v) is 2.38. The molecule has 0 fully saturated rings. The zero-order chi connectivity index (χ0) is 11.8. The molecule has 1 atom stereocenters. The Balaban J connectivity index is 3.90. The lowest BCUT2D eigenvalue weighted by Gasteiger charge is -2.24. The molecule has 0 radical (unpaired) electrons. The van der Waals surface area contributed by atoms with Crippen LogP contribution in [0.4, 0.5) is 0 Å². The van der Waals surface area contributed by atoms with E-state index in [0.29, 0.717) is 31.0 Å². The molecule has 1 unspecified atom stereocenters. The van der Waals surface area contributed by atoms with Crippen molar-refractivity contribution in [2.24, 2.45) is 5.73 Å². The molecule has 15 heavy (non-hydrogen) atoms. The molecular formula is C10H20N2O2S. The fourth-order valence-corrected chi connectivity index (χ4v) is 1.40. The van der Waals surface area contributed by atoms with Crippen molar-refractivity contribution < 1.29 is 9.53 Å². The molecule has 0 aromatic rings. The highest BCUT2D eigenvalue weighted by molar-refractivity contribution is 7.80. The summed E-state index contributed by atoms with van der Waals surface area (Å²) in [5.74, 6) is 0.0622. The second kappa shape index (κ2) is 7.59. The fraction of sp³-hybridized carbons (Fsp3) is 0.800. The second-order valence-electron chi connectivity index (χ2n) is 3.47. The van der Waals surface area contributed by atoms with Crippen LogP contribution < -0.4 is 5.73 Å². The number of amides is 1. The first-order valence-corrected chi connectivity index (χ1v) is 5.51. The van der Waals surface area contributed by atoms with Gasteiger partial charge in [0.2, 0.25) is 5.91 Å². The lowest BCUT2D eigenvalue weighted by atomic mass is 10.2. The smallest absolute Gasteiger partial charge is 0.224 e. The number of hydrogen-bond acceptors (Lipinski definition) is 3. The summed E-state index contributed by atoms with van der Waals surface area (Å²) in [5, 5.41) is 0. The molecule has 0 saturated carbocycles. The van der Waals surface area contributed by atoms with Gasteiger partial charge in [0.1, 0.15) is 0 Å². The minimum atomic E-state index is 0.0524.